The van der Waals surface area contributed by atoms with Crippen LogP contribution in [0.4, 0.5) is 0 Å². The van der Waals surface area contributed by atoms with Crippen LogP contribution in [-0.2, 0) is 4.79 Å². The number of carbonyl (C=O) groups is 1. The lowest BCUT2D eigenvalue weighted by Crippen LogP contribution is -2.54. The Hall–Kier alpha value is -0.610. The lowest BCUT2D eigenvalue weighted by Gasteiger charge is -2.35. The summed E-state index contributed by atoms with van der Waals surface area (Å²) in [7, 11) is 3.87. The van der Waals surface area contributed by atoms with Crippen LogP contribution in [0.1, 0.15) is 20.3 Å². The summed E-state index contributed by atoms with van der Waals surface area (Å²) in [5, 5.41) is 3.48. The molecule has 1 unspecified atom stereocenters. The smallest absolute Gasteiger partial charge is 0.236 e. The lowest BCUT2D eigenvalue weighted by atomic mass is 10.0. The average Bonchev–Trinajstić information content (AvgIpc) is 2.16. The minimum atomic E-state index is 0.250. The highest BCUT2D eigenvalue weighted by atomic mass is 16.2. The van der Waals surface area contributed by atoms with E-state index in [1.165, 1.54) is 0 Å². The van der Waals surface area contributed by atoms with Crippen LogP contribution in [0.15, 0.2) is 0 Å². The monoisotopic (exact) mass is 227 g/mol. The van der Waals surface area contributed by atoms with Gasteiger partial charge in [0.05, 0.1) is 6.54 Å². The third-order valence-electron chi connectivity index (χ3n) is 2.82. The molecule has 94 valence electrons. The van der Waals surface area contributed by atoms with E-state index in [0.717, 1.165) is 26.1 Å². The van der Waals surface area contributed by atoms with Crippen LogP contribution in [0.3, 0.4) is 0 Å². The Morgan fingerprint density at radius 3 is 2.75 bits per heavy atom. The van der Waals surface area contributed by atoms with Crippen molar-refractivity contribution in [2.24, 2.45) is 5.92 Å². The second-order valence-corrected chi connectivity index (χ2v) is 5.36. The lowest BCUT2D eigenvalue weighted by molar-refractivity contribution is -0.133. The fourth-order valence-corrected chi connectivity index (χ4v) is 2.15. The van der Waals surface area contributed by atoms with Gasteiger partial charge in [-0.25, -0.2) is 0 Å². The highest BCUT2D eigenvalue weighted by molar-refractivity contribution is 5.78. The molecule has 0 saturated carbocycles. The fourth-order valence-electron chi connectivity index (χ4n) is 2.15. The van der Waals surface area contributed by atoms with Crippen molar-refractivity contribution in [3.05, 3.63) is 0 Å². The van der Waals surface area contributed by atoms with Gasteiger partial charge in [-0.3, -0.25) is 4.79 Å². The number of amides is 1. The molecule has 0 bridgehead atoms. The first-order chi connectivity index (χ1) is 7.49. The topological polar surface area (TPSA) is 35.6 Å². The van der Waals surface area contributed by atoms with E-state index in [1.54, 1.807) is 0 Å². The standard InChI is InChI=1S/C12H25N3O/c1-10(2)7-11-8-15(6-5-13-11)12(16)9-14(3)4/h10-11,13H,5-9H2,1-4H3. The second-order valence-electron chi connectivity index (χ2n) is 5.36. The summed E-state index contributed by atoms with van der Waals surface area (Å²) in [6.45, 7) is 7.61. The molecule has 1 aliphatic heterocycles. The normalized spacial score (nSPS) is 21.9. The maximum absolute atomic E-state index is 11.9. The molecule has 4 nitrogen and oxygen atoms in total. The third kappa shape index (κ3) is 4.49. The van der Waals surface area contributed by atoms with Crippen LogP contribution in [0.2, 0.25) is 0 Å². The van der Waals surface area contributed by atoms with E-state index in [0.29, 0.717) is 18.5 Å². The summed E-state index contributed by atoms with van der Waals surface area (Å²) in [5.41, 5.74) is 0. The molecule has 1 N–H and O–H groups in total. The van der Waals surface area contributed by atoms with Gasteiger partial charge >= 0.3 is 0 Å². The van der Waals surface area contributed by atoms with Gasteiger partial charge in [0, 0.05) is 25.7 Å². The van der Waals surface area contributed by atoms with Crippen molar-refractivity contribution in [1.29, 1.82) is 0 Å². The van der Waals surface area contributed by atoms with Gasteiger partial charge in [0.2, 0.25) is 5.91 Å². The van der Waals surface area contributed by atoms with Crippen LogP contribution in [0.25, 0.3) is 0 Å². The highest BCUT2D eigenvalue weighted by Crippen LogP contribution is 2.09. The molecule has 1 fully saturated rings. The van der Waals surface area contributed by atoms with E-state index < -0.39 is 0 Å². The Bertz CT molecular complexity index is 228. The van der Waals surface area contributed by atoms with E-state index in [4.69, 9.17) is 0 Å². The predicted molar refractivity (Wildman–Crippen MR) is 66.4 cm³/mol. The van der Waals surface area contributed by atoms with Crippen molar-refractivity contribution in [2.45, 2.75) is 26.3 Å². The Labute approximate surface area is 99.0 Å². The minimum Gasteiger partial charge on any atom is -0.339 e. The van der Waals surface area contributed by atoms with E-state index in [9.17, 15) is 4.79 Å². The quantitative estimate of drug-likeness (QED) is 0.755. The molecule has 1 atom stereocenters. The first-order valence-electron chi connectivity index (χ1n) is 6.15. The van der Waals surface area contributed by atoms with Crippen LogP contribution in [0.5, 0.6) is 0 Å². The van der Waals surface area contributed by atoms with Crippen molar-refractivity contribution in [3.63, 3.8) is 0 Å². The molecule has 0 radical (unpaired) electrons. The molecular weight excluding hydrogens is 202 g/mol. The number of hydrogen-bond acceptors (Lipinski definition) is 3. The molecular formula is C12H25N3O. The molecule has 0 aromatic heterocycles. The largest absolute Gasteiger partial charge is 0.339 e. The zero-order chi connectivity index (χ0) is 12.1. The average molecular weight is 227 g/mol. The summed E-state index contributed by atoms with van der Waals surface area (Å²) < 4.78 is 0. The van der Waals surface area contributed by atoms with Crippen molar-refractivity contribution >= 4 is 5.91 Å². The molecule has 1 amide bonds. The summed E-state index contributed by atoms with van der Waals surface area (Å²) in [6.07, 6.45) is 1.14. The fraction of sp³-hybridized carbons (Fsp3) is 0.917. The maximum atomic E-state index is 11.9. The van der Waals surface area contributed by atoms with Gasteiger partial charge in [0.25, 0.3) is 0 Å². The number of nitrogens with zero attached hydrogens (tertiary/aromatic N) is 2. The van der Waals surface area contributed by atoms with E-state index in [-0.39, 0.29) is 5.91 Å². The van der Waals surface area contributed by atoms with Crippen LogP contribution >= 0.6 is 0 Å². The summed E-state index contributed by atoms with van der Waals surface area (Å²) in [4.78, 5) is 15.8. The molecule has 0 spiro atoms. The highest BCUT2D eigenvalue weighted by Gasteiger charge is 2.23. The van der Waals surface area contributed by atoms with Gasteiger partial charge < -0.3 is 15.1 Å². The predicted octanol–water partition coefficient (Wildman–Crippen LogP) is 0.395. The molecule has 1 heterocycles. The zero-order valence-corrected chi connectivity index (χ0v) is 11.0. The number of hydrogen-bond donors (Lipinski definition) is 1. The number of rotatable bonds is 4. The number of nitrogens with one attached hydrogen (secondary N) is 1. The third-order valence-corrected chi connectivity index (χ3v) is 2.82. The minimum absolute atomic E-state index is 0.250. The van der Waals surface area contributed by atoms with Gasteiger partial charge in [-0.1, -0.05) is 13.8 Å². The Kier molecular flexibility index (Phi) is 5.22. The summed E-state index contributed by atoms with van der Waals surface area (Å²) in [5.74, 6) is 0.932. The van der Waals surface area contributed by atoms with Gasteiger partial charge in [-0.05, 0) is 26.4 Å². The molecule has 0 aromatic carbocycles. The van der Waals surface area contributed by atoms with Crippen molar-refractivity contribution < 1.29 is 4.79 Å². The van der Waals surface area contributed by atoms with E-state index in [1.807, 2.05) is 23.9 Å². The Balaban J connectivity index is 2.40. The number of piperazine rings is 1. The molecule has 0 aromatic rings. The molecule has 0 aliphatic carbocycles. The molecule has 1 rings (SSSR count). The van der Waals surface area contributed by atoms with Gasteiger partial charge in [0.15, 0.2) is 0 Å². The first-order valence-corrected chi connectivity index (χ1v) is 6.15. The Morgan fingerprint density at radius 1 is 1.50 bits per heavy atom. The van der Waals surface area contributed by atoms with Crippen LogP contribution < -0.4 is 5.32 Å². The van der Waals surface area contributed by atoms with Crippen LogP contribution in [0, 0.1) is 5.92 Å². The van der Waals surface area contributed by atoms with Crippen molar-refractivity contribution in [1.82, 2.24) is 15.1 Å². The summed E-state index contributed by atoms with van der Waals surface area (Å²) >= 11 is 0. The van der Waals surface area contributed by atoms with Crippen LogP contribution in [-0.4, -0.2) is 62.0 Å². The maximum Gasteiger partial charge on any atom is 0.236 e. The van der Waals surface area contributed by atoms with Crippen molar-refractivity contribution in [3.8, 4) is 0 Å². The van der Waals surface area contributed by atoms with Crippen molar-refractivity contribution in [2.75, 3.05) is 40.3 Å². The van der Waals surface area contributed by atoms with Gasteiger partial charge in [-0.2, -0.15) is 0 Å². The van der Waals surface area contributed by atoms with Gasteiger partial charge in [-0.15, -0.1) is 0 Å². The SMILES string of the molecule is CC(C)CC1CN(C(=O)CN(C)C)CCN1. The molecule has 16 heavy (non-hydrogen) atoms. The molecule has 1 saturated heterocycles. The summed E-state index contributed by atoms with van der Waals surface area (Å²) in [6, 6.07) is 0.472. The van der Waals surface area contributed by atoms with E-state index in [2.05, 4.69) is 19.2 Å². The molecule has 4 heteroatoms. The molecule has 1 aliphatic rings. The number of likely N-dealkylation sites (N-methyl/N-ethyl adjacent to an activating group) is 1. The second kappa shape index (κ2) is 6.21. The number of carbonyl (C=O) groups excluding carboxylic acids is 1. The van der Waals surface area contributed by atoms with E-state index >= 15 is 0 Å². The Morgan fingerprint density at radius 2 is 2.19 bits per heavy atom. The van der Waals surface area contributed by atoms with Gasteiger partial charge in [0.1, 0.15) is 0 Å². The zero-order valence-electron chi connectivity index (χ0n) is 11.0. The first kappa shape index (κ1) is 13.5.